The van der Waals surface area contributed by atoms with Gasteiger partial charge in [-0.25, -0.2) is 0 Å². The van der Waals surface area contributed by atoms with Crippen molar-refractivity contribution >= 4 is 10.8 Å². The molecule has 66 valence electrons. The fraction of sp³-hybridized carbons (Fsp3) is 0.333. The van der Waals surface area contributed by atoms with Crippen molar-refractivity contribution in [2.24, 2.45) is 0 Å². The van der Waals surface area contributed by atoms with Crippen LogP contribution in [0.1, 0.15) is 10.8 Å². The van der Waals surface area contributed by atoms with Gasteiger partial charge in [-0.3, -0.25) is 4.21 Å². The molecule has 0 heterocycles. The predicted octanol–water partition coefficient (Wildman–Crippen LogP) is 1.10. The van der Waals surface area contributed by atoms with Gasteiger partial charge in [-0.1, -0.05) is 30.3 Å². The van der Waals surface area contributed by atoms with Crippen LogP contribution in [-0.2, 0) is 10.8 Å². The Labute approximate surface area is 74.7 Å². The first-order valence-electron chi connectivity index (χ1n) is 3.73. The SMILES string of the molecule is CS(=O)[C@@H](CO)c1ccccc1. The predicted molar refractivity (Wildman–Crippen MR) is 50.3 cm³/mol. The van der Waals surface area contributed by atoms with Crippen LogP contribution in [-0.4, -0.2) is 22.2 Å². The Bertz CT molecular complexity index is 258. The molecular weight excluding hydrogens is 172 g/mol. The van der Waals surface area contributed by atoms with Crippen molar-refractivity contribution in [2.75, 3.05) is 12.9 Å². The van der Waals surface area contributed by atoms with Crippen LogP contribution in [0.5, 0.6) is 0 Å². The van der Waals surface area contributed by atoms with Crippen LogP contribution in [0.25, 0.3) is 0 Å². The molecule has 3 heteroatoms. The molecule has 0 aliphatic rings. The Kier molecular flexibility index (Phi) is 3.44. The van der Waals surface area contributed by atoms with Crippen molar-refractivity contribution < 1.29 is 9.32 Å². The number of aliphatic hydroxyl groups is 1. The molecule has 0 spiro atoms. The van der Waals surface area contributed by atoms with Gasteiger partial charge in [0, 0.05) is 17.1 Å². The lowest BCUT2D eigenvalue weighted by Gasteiger charge is -2.10. The van der Waals surface area contributed by atoms with Gasteiger partial charge >= 0.3 is 0 Å². The van der Waals surface area contributed by atoms with Crippen molar-refractivity contribution in [1.82, 2.24) is 0 Å². The van der Waals surface area contributed by atoms with Crippen molar-refractivity contribution in [2.45, 2.75) is 5.25 Å². The summed E-state index contributed by atoms with van der Waals surface area (Å²) in [7, 11) is -1.00. The zero-order chi connectivity index (χ0) is 8.97. The van der Waals surface area contributed by atoms with Crippen LogP contribution >= 0.6 is 0 Å². The Morgan fingerprint density at radius 1 is 1.42 bits per heavy atom. The van der Waals surface area contributed by atoms with Gasteiger partial charge in [-0.15, -0.1) is 0 Å². The van der Waals surface area contributed by atoms with Crippen molar-refractivity contribution in [3.63, 3.8) is 0 Å². The fourth-order valence-electron chi connectivity index (χ4n) is 1.07. The molecule has 2 nitrogen and oxygen atoms in total. The van der Waals surface area contributed by atoms with Gasteiger partial charge < -0.3 is 5.11 Å². The molecule has 1 rings (SSSR count). The number of benzene rings is 1. The van der Waals surface area contributed by atoms with Gasteiger partial charge in [0.25, 0.3) is 0 Å². The highest BCUT2D eigenvalue weighted by atomic mass is 32.2. The lowest BCUT2D eigenvalue weighted by atomic mass is 10.2. The van der Waals surface area contributed by atoms with E-state index >= 15 is 0 Å². The summed E-state index contributed by atoms with van der Waals surface area (Å²) in [5.74, 6) is 0. The third-order valence-corrected chi connectivity index (χ3v) is 2.96. The van der Waals surface area contributed by atoms with Crippen LogP contribution in [0.4, 0.5) is 0 Å². The van der Waals surface area contributed by atoms with Crippen molar-refractivity contribution in [1.29, 1.82) is 0 Å². The average molecular weight is 184 g/mol. The summed E-state index contributed by atoms with van der Waals surface area (Å²) in [5.41, 5.74) is 0.931. The van der Waals surface area contributed by atoms with E-state index in [-0.39, 0.29) is 11.9 Å². The summed E-state index contributed by atoms with van der Waals surface area (Å²) in [6, 6.07) is 9.41. The van der Waals surface area contributed by atoms with E-state index in [1.54, 1.807) is 6.26 Å². The first kappa shape index (κ1) is 9.42. The molecule has 12 heavy (non-hydrogen) atoms. The Balaban J connectivity index is 2.88. The maximum atomic E-state index is 11.1. The van der Waals surface area contributed by atoms with E-state index in [4.69, 9.17) is 5.11 Å². The first-order chi connectivity index (χ1) is 5.75. The molecule has 0 aliphatic carbocycles. The zero-order valence-electron chi connectivity index (χ0n) is 6.93. The number of hydrogen-bond acceptors (Lipinski definition) is 2. The molecule has 0 radical (unpaired) electrons. The Morgan fingerprint density at radius 2 is 2.00 bits per heavy atom. The third-order valence-electron chi connectivity index (χ3n) is 1.74. The molecule has 0 aliphatic heterocycles. The second kappa shape index (κ2) is 4.38. The largest absolute Gasteiger partial charge is 0.395 e. The highest BCUT2D eigenvalue weighted by Gasteiger charge is 2.12. The number of aliphatic hydroxyl groups excluding tert-OH is 1. The van der Waals surface area contributed by atoms with Crippen LogP contribution in [0, 0.1) is 0 Å². The topological polar surface area (TPSA) is 37.3 Å². The number of hydrogen-bond donors (Lipinski definition) is 1. The van der Waals surface area contributed by atoms with Gasteiger partial charge in [0.2, 0.25) is 0 Å². The highest BCUT2D eigenvalue weighted by molar-refractivity contribution is 7.84. The van der Waals surface area contributed by atoms with E-state index in [2.05, 4.69) is 0 Å². The zero-order valence-corrected chi connectivity index (χ0v) is 7.75. The summed E-state index contributed by atoms with van der Waals surface area (Å²) in [6.45, 7) is -0.0624. The van der Waals surface area contributed by atoms with Gasteiger partial charge in [-0.2, -0.15) is 0 Å². The smallest absolute Gasteiger partial charge is 0.0825 e. The molecule has 1 aromatic carbocycles. The second-order valence-corrected chi connectivity index (χ2v) is 4.15. The van der Waals surface area contributed by atoms with E-state index in [9.17, 15) is 4.21 Å². The normalized spacial score (nSPS) is 15.5. The molecule has 1 N–H and O–H groups in total. The highest BCUT2D eigenvalue weighted by Crippen LogP contribution is 2.17. The van der Waals surface area contributed by atoms with Crippen molar-refractivity contribution in [3.8, 4) is 0 Å². The minimum Gasteiger partial charge on any atom is -0.395 e. The molecule has 0 bridgehead atoms. The average Bonchev–Trinajstić information content (AvgIpc) is 2.07. The minimum absolute atomic E-state index is 0.0624. The summed E-state index contributed by atoms with van der Waals surface area (Å²) < 4.78 is 11.1. The van der Waals surface area contributed by atoms with E-state index in [1.165, 1.54) is 0 Å². The van der Waals surface area contributed by atoms with E-state index < -0.39 is 10.8 Å². The maximum Gasteiger partial charge on any atom is 0.0825 e. The summed E-state index contributed by atoms with van der Waals surface area (Å²) in [6.07, 6.45) is 1.61. The Hall–Kier alpha value is -0.670. The summed E-state index contributed by atoms with van der Waals surface area (Å²) in [5, 5.41) is 8.71. The van der Waals surface area contributed by atoms with Gasteiger partial charge in [0.15, 0.2) is 0 Å². The Morgan fingerprint density at radius 3 is 2.42 bits per heavy atom. The molecule has 0 saturated heterocycles. The first-order valence-corrected chi connectivity index (χ1v) is 5.36. The fourth-order valence-corrected chi connectivity index (χ4v) is 1.82. The van der Waals surface area contributed by atoms with Crippen LogP contribution in [0.15, 0.2) is 30.3 Å². The molecule has 1 unspecified atom stereocenters. The van der Waals surface area contributed by atoms with E-state index in [1.807, 2.05) is 30.3 Å². The minimum atomic E-state index is -1.00. The molecule has 0 aromatic heterocycles. The number of rotatable bonds is 3. The van der Waals surface area contributed by atoms with Crippen molar-refractivity contribution in [3.05, 3.63) is 35.9 Å². The van der Waals surface area contributed by atoms with Crippen LogP contribution < -0.4 is 0 Å². The summed E-state index contributed by atoms with van der Waals surface area (Å²) >= 11 is 0. The van der Waals surface area contributed by atoms with Crippen LogP contribution in [0.2, 0.25) is 0 Å². The lowest BCUT2D eigenvalue weighted by molar-refractivity contribution is 0.294. The van der Waals surface area contributed by atoms with E-state index in [0.717, 1.165) is 5.56 Å². The molecule has 2 atom stereocenters. The van der Waals surface area contributed by atoms with Gasteiger partial charge in [0.05, 0.1) is 11.9 Å². The quantitative estimate of drug-likeness (QED) is 0.763. The second-order valence-electron chi connectivity index (χ2n) is 2.58. The third kappa shape index (κ3) is 2.16. The lowest BCUT2D eigenvalue weighted by Crippen LogP contribution is -2.09. The van der Waals surface area contributed by atoms with Gasteiger partial charge in [0.1, 0.15) is 0 Å². The molecule has 0 saturated carbocycles. The van der Waals surface area contributed by atoms with Crippen LogP contribution in [0.3, 0.4) is 0 Å². The monoisotopic (exact) mass is 184 g/mol. The summed E-state index contributed by atoms with van der Waals surface area (Å²) in [4.78, 5) is 0. The molecule has 0 fully saturated rings. The molecule has 1 aromatic rings. The standard InChI is InChI=1S/C9H12O2S/c1-12(11)9(7-10)8-5-3-2-4-6-8/h2-6,9-10H,7H2,1H3/t9-,12?/m0/s1. The van der Waals surface area contributed by atoms with E-state index in [0.29, 0.717) is 0 Å². The maximum absolute atomic E-state index is 11.1. The van der Waals surface area contributed by atoms with Gasteiger partial charge in [-0.05, 0) is 5.56 Å². The molecule has 0 amide bonds. The molecular formula is C9H12O2S.